The molecule has 0 heterocycles. The summed E-state index contributed by atoms with van der Waals surface area (Å²) in [4.78, 5) is 0. The van der Waals surface area contributed by atoms with E-state index in [1.54, 1.807) is 0 Å². The Kier molecular flexibility index (Phi) is 14.2. The van der Waals surface area contributed by atoms with Gasteiger partial charge in [-0.2, -0.15) is 0 Å². The van der Waals surface area contributed by atoms with Gasteiger partial charge in [0.25, 0.3) is 0 Å². The monoisotopic (exact) mass is 380 g/mol. The van der Waals surface area contributed by atoms with E-state index in [0.717, 1.165) is 13.2 Å². The molecule has 0 aromatic heterocycles. The molecule has 0 aromatic carbocycles. The molecule has 0 radical (unpaired) electrons. The molecule has 0 aliphatic rings. The van der Waals surface area contributed by atoms with Crippen molar-refractivity contribution in [2.45, 2.75) is 87.9 Å². The maximum atomic E-state index is 6.22. The van der Waals surface area contributed by atoms with Gasteiger partial charge in [-0.05, 0) is 0 Å². The molecule has 0 aromatic rings. The van der Waals surface area contributed by atoms with Crippen LogP contribution in [0.25, 0.3) is 0 Å². The molecule has 0 aliphatic carbocycles. The molecule has 0 atom stereocenters. The first-order valence-corrected chi connectivity index (χ1v) is 14.9. The van der Waals surface area contributed by atoms with E-state index in [0.29, 0.717) is 0 Å². The maximum absolute atomic E-state index is 6.22. The van der Waals surface area contributed by atoms with Crippen LogP contribution in [0.5, 0.6) is 0 Å². The first kappa shape index (κ1) is 19.7. The van der Waals surface area contributed by atoms with Crippen LogP contribution in [0, 0.1) is 0 Å². The SMILES string of the molecule is CCCCC[CH2][Sn]([CH2]CCCCC)([O]CC)[O]CC. The van der Waals surface area contributed by atoms with Gasteiger partial charge in [0.2, 0.25) is 0 Å². The fourth-order valence-electron chi connectivity index (χ4n) is 2.62. The Bertz CT molecular complexity index is 166. The van der Waals surface area contributed by atoms with E-state index in [9.17, 15) is 0 Å². The molecule has 0 amide bonds. The van der Waals surface area contributed by atoms with Gasteiger partial charge in [-0.15, -0.1) is 0 Å². The Labute approximate surface area is 126 Å². The number of hydrogen-bond acceptors (Lipinski definition) is 2. The molecule has 19 heavy (non-hydrogen) atoms. The van der Waals surface area contributed by atoms with E-state index < -0.39 is 19.2 Å². The van der Waals surface area contributed by atoms with Crippen LogP contribution in [0.3, 0.4) is 0 Å². The zero-order chi connectivity index (χ0) is 14.4. The van der Waals surface area contributed by atoms with Crippen molar-refractivity contribution in [3.63, 3.8) is 0 Å². The summed E-state index contributed by atoms with van der Waals surface area (Å²) < 4.78 is 15.0. The summed E-state index contributed by atoms with van der Waals surface area (Å²) in [5.41, 5.74) is 0. The van der Waals surface area contributed by atoms with Crippen molar-refractivity contribution >= 4 is 19.2 Å². The van der Waals surface area contributed by atoms with Crippen molar-refractivity contribution in [1.29, 1.82) is 0 Å². The molecule has 3 heteroatoms. The molecular formula is C16H36O2Sn. The van der Waals surface area contributed by atoms with Gasteiger partial charge in [0.05, 0.1) is 0 Å². The Balaban J connectivity index is 4.22. The quantitative estimate of drug-likeness (QED) is 0.286. The summed E-state index contributed by atoms with van der Waals surface area (Å²) in [6.45, 7) is 10.5. The van der Waals surface area contributed by atoms with Crippen LogP contribution in [0.4, 0.5) is 0 Å². The summed E-state index contributed by atoms with van der Waals surface area (Å²) in [5.74, 6) is 0. The first-order valence-electron chi connectivity index (χ1n) is 8.52. The first-order chi connectivity index (χ1) is 9.24. The van der Waals surface area contributed by atoms with Crippen LogP contribution in [0.1, 0.15) is 79.1 Å². The van der Waals surface area contributed by atoms with Crippen molar-refractivity contribution in [2.24, 2.45) is 0 Å². The normalized spacial score (nSPS) is 12.0. The number of unbranched alkanes of at least 4 members (excludes halogenated alkanes) is 6. The van der Waals surface area contributed by atoms with Crippen LogP contribution in [-0.2, 0) is 6.15 Å². The van der Waals surface area contributed by atoms with Crippen LogP contribution < -0.4 is 0 Å². The van der Waals surface area contributed by atoms with Gasteiger partial charge in [-0.1, -0.05) is 0 Å². The third-order valence-corrected chi connectivity index (χ3v) is 14.7. The van der Waals surface area contributed by atoms with Crippen molar-refractivity contribution in [2.75, 3.05) is 13.2 Å². The van der Waals surface area contributed by atoms with Gasteiger partial charge >= 0.3 is 127 Å². The van der Waals surface area contributed by atoms with E-state index in [4.69, 9.17) is 6.15 Å². The van der Waals surface area contributed by atoms with Gasteiger partial charge in [0.1, 0.15) is 0 Å². The molecule has 0 spiro atoms. The second-order valence-electron chi connectivity index (χ2n) is 5.40. The van der Waals surface area contributed by atoms with Crippen LogP contribution in [0.2, 0.25) is 8.87 Å². The van der Waals surface area contributed by atoms with E-state index in [1.165, 1.54) is 60.2 Å². The zero-order valence-electron chi connectivity index (χ0n) is 13.8. The van der Waals surface area contributed by atoms with Crippen LogP contribution >= 0.6 is 0 Å². The van der Waals surface area contributed by atoms with Gasteiger partial charge in [-0.25, -0.2) is 0 Å². The molecule has 0 bridgehead atoms. The minimum atomic E-state index is -2.71. The van der Waals surface area contributed by atoms with Crippen LogP contribution in [-0.4, -0.2) is 32.4 Å². The predicted molar refractivity (Wildman–Crippen MR) is 86.9 cm³/mol. The Morgan fingerprint density at radius 2 is 1.00 bits per heavy atom. The summed E-state index contributed by atoms with van der Waals surface area (Å²) >= 11 is -2.71. The Morgan fingerprint density at radius 1 is 0.579 bits per heavy atom. The van der Waals surface area contributed by atoms with Crippen LogP contribution in [0.15, 0.2) is 0 Å². The van der Waals surface area contributed by atoms with Crippen molar-refractivity contribution in [3.05, 3.63) is 0 Å². The minimum absolute atomic E-state index is 0.845. The number of rotatable bonds is 14. The topological polar surface area (TPSA) is 18.5 Å². The summed E-state index contributed by atoms with van der Waals surface area (Å²) in [6, 6.07) is 0. The molecule has 116 valence electrons. The Morgan fingerprint density at radius 3 is 1.32 bits per heavy atom. The molecule has 0 N–H and O–H groups in total. The van der Waals surface area contributed by atoms with E-state index >= 15 is 0 Å². The fraction of sp³-hybridized carbons (Fsp3) is 1.00. The second-order valence-corrected chi connectivity index (χ2v) is 15.1. The predicted octanol–water partition coefficient (Wildman–Crippen LogP) is 5.66. The molecule has 0 rings (SSSR count). The second kappa shape index (κ2) is 13.7. The fourth-order valence-corrected chi connectivity index (χ4v) is 12.7. The summed E-state index contributed by atoms with van der Waals surface area (Å²) in [7, 11) is 0. The average Bonchev–Trinajstić information content (AvgIpc) is 2.41. The molecular weight excluding hydrogens is 343 g/mol. The molecule has 0 unspecified atom stereocenters. The number of hydrogen-bond donors (Lipinski definition) is 0. The molecule has 2 nitrogen and oxygen atoms in total. The standard InChI is InChI=1S/2C6H13.2C2H5O.Sn/c2*1-3-5-6-4-2;2*1-2-3;/h2*1,3-6H2,2H3;2*2H2,1H3;/q;;2*-1;+2. The summed E-state index contributed by atoms with van der Waals surface area (Å²) in [6.07, 6.45) is 10.7. The van der Waals surface area contributed by atoms with Crippen molar-refractivity contribution in [3.8, 4) is 0 Å². The Hall–Kier alpha value is 0.719. The zero-order valence-corrected chi connectivity index (χ0v) is 16.7. The van der Waals surface area contributed by atoms with Gasteiger partial charge in [0.15, 0.2) is 0 Å². The third-order valence-electron chi connectivity index (χ3n) is 3.64. The van der Waals surface area contributed by atoms with Crippen molar-refractivity contribution < 1.29 is 6.15 Å². The average molecular weight is 379 g/mol. The van der Waals surface area contributed by atoms with E-state index in [1.807, 2.05) is 0 Å². The van der Waals surface area contributed by atoms with Crippen molar-refractivity contribution in [1.82, 2.24) is 0 Å². The van der Waals surface area contributed by atoms with E-state index in [2.05, 4.69) is 27.7 Å². The van der Waals surface area contributed by atoms with Gasteiger partial charge in [-0.3, -0.25) is 0 Å². The molecule has 0 fully saturated rings. The van der Waals surface area contributed by atoms with Gasteiger partial charge < -0.3 is 0 Å². The van der Waals surface area contributed by atoms with E-state index in [-0.39, 0.29) is 0 Å². The summed E-state index contributed by atoms with van der Waals surface area (Å²) in [5, 5.41) is 0. The molecule has 0 aliphatic heterocycles. The molecule has 0 saturated heterocycles. The third kappa shape index (κ3) is 10.1. The van der Waals surface area contributed by atoms with Gasteiger partial charge in [0, 0.05) is 0 Å². The molecule has 0 saturated carbocycles.